The predicted octanol–water partition coefficient (Wildman–Crippen LogP) is 3.97. The summed E-state index contributed by atoms with van der Waals surface area (Å²) in [5.74, 6) is 0. The summed E-state index contributed by atoms with van der Waals surface area (Å²) in [6.45, 7) is 10.5. The van der Waals surface area contributed by atoms with Crippen molar-refractivity contribution in [2.24, 2.45) is 0 Å². The van der Waals surface area contributed by atoms with Gasteiger partial charge in [0.25, 0.3) is 0 Å². The van der Waals surface area contributed by atoms with E-state index < -0.39 is 0 Å². The van der Waals surface area contributed by atoms with Gasteiger partial charge in [-0.25, -0.2) is 0 Å². The van der Waals surface area contributed by atoms with Crippen LogP contribution in [0.5, 0.6) is 0 Å². The van der Waals surface area contributed by atoms with Crippen LogP contribution in [0.3, 0.4) is 0 Å². The molecule has 1 saturated heterocycles. The van der Waals surface area contributed by atoms with Gasteiger partial charge in [0.2, 0.25) is 0 Å². The average molecular weight is 306 g/mol. The molecular weight excluding hydrogens is 280 g/mol. The SMILES string of the molecule is C=CCN1CCN(C(c2ccccc2)c2ccccc2)C(C)C1. The van der Waals surface area contributed by atoms with Crippen LogP contribution < -0.4 is 0 Å². The summed E-state index contributed by atoms with van der Waals surface area (Å²) in [5, 5.41) is 0. The van der Waals surface area contributed by atoms with E-state index >= 15 is 0 Å². The fraction of sp³-hybridized carbons (Fsp3) is 0.333. The summed E-state index contributed by atoms with van der Waals surface area (Å²) in [7, 11) is 0. The molecule has 1 aliphatic heterocycles. The van der Waals surface area contributed by atoms with Gasteiger partial charge in [-0.15, -0.1) is 6.58 Å². The largest absolute Gasteiger partial charge is 0.297 e. The Morgan fingerprint density at radius 1 is 1.00 bits per heavy atom. The highest BCUT2D eigenvalue weighted by Gasteiger charge is 2.30. The highest BCUT2D eigenvalue weighted by atomic mass is 15.3. The molecule has 120 valence electrons. The van der Waals surface area contributed by atoms with Gasteiger partial charge in [-0.2, -0.15) is 0 Å². The minimum atomic E-state index is 0.332. The molecule has 2 heteroatoms. The third kappa shape index (κ3) is 3.72. The Morgan fingerprint density at radius 3 is 2.04 bits per heavy atom. The quantitative estimate of drug-likeness (QED) is 0.771. The minimum absolute atomic E-state index is 0.332. The van der Waals surface area contributed by atoms with Crippen molar-refractivity contribution in [2.75, 3.05) is 26.2 Å². The number of rotatable bonds is 5. The number of benzene rings is 2. The Labute approximate surface area is 140 Å². The maximum absolute atomic E-state index is 3.87. The molecule has 0 bridgehead atoms. The Hall–Kier alpha value is -1.90. The fourth-order valence-corrected chi connectivity index (χ4v) is 3.63. The first-order chi connectivity index (χ1) is 11.3. The van der Waals surface area contributed by atoms with Gasteiger partial charge in [0, 0.05) is 32.2 Å². The van der Waals surface area contributed by atoms with Crippen LogP contribution in [-0.2, 0) is 0 Å². The van der Waals surface area contributed by atoms with Crippen LogP contribution in [0.15, 0.2) is 73.3 Å². The van der Waals surface area contributed by atoms with E-state index in [2.05, 4.69) is 84.0 Å². The Morgan fingerprint density at radius 2 is 1.57 bits per heavy atom. The molecule has 0 aromatic heterocycles. The second-order valence-electron chi connectivity index (χ2n) is 6.36. The topological polar surface area (TPSA) is 6.48 Å². The van der Waals surface area contributed by atoms with E-state index in [-0.39, 0.29) is 0 Å². The number of nitrogens with zero attached hydrogens (tertiary/aromatic N) is 2. The van der Waals surface area contributed by atoms with Crippen LogP contribution in [0, 0.1) is 0 Å². The molecule has 1 aliphatic rings. The third-order valence-electron chi connectivity index (χ3n) is 4.71. The molecule has 3 rings (SSSR count). The molecule has 1 heterocycles. The van der Waals surface area contributed by atoms with Crippen LogP contribution in [0.4, 0.5) is 0 Å². The molecule has 2 nitrogen and oxygen atoms in total. The molecule has 1 fully saturated rings. The Kier molecular flexibility index (Phi) is 5.27. The van der Waals surface area contributed by atoms with E-state index in [1.54, 1.807) is 0 Å². The molecular formula is C21H26N2. The lowest BCUT2D eigenvalue weighted by Crippen LogP contribution is -2.53. The number of piperazine rings is 1. The molecule has 2 aromatic carbocycles. The first-order valence-electron chi connectivity index (χ1n) is 8.48. The molecule has 2 aromatic rings. The van der Waals surface area contributed by atoms with Crippen molar-refractivity contribution in [3.63, 3.8) is 0 Å². The van der Waals surface area contributed by atoms with Crippen molar-refractivity contribution in [1.82, 2.24) is 9.80 Å². The summed E-state index contributed by atoms with van der Waals surface area (Å²) in [4.78, 5) is 5.13. The van der Waals surface area contributed by atoms with Crippen molar-refractivity contribution in [3.05, 3.63) is 84.4 Å². The van der Waals surface area contributed by atoms with Crippen molar-refractivity contribution in [2.45, 2.75) is 19.0 Å². The Balaban J connectivity index is 1.89. The van der Waals surface area contributed by atoms with Gasteiger partial charge in [-0.05, 0) is 18.1 Å². The first-order valence-corrected chi connectivity index (χ1v) is 8.48. The van der Waals surface area contributed by atoms with E-state index in [1.165, 1.54) is 11.1 Å². The van der Waals surface area contributed by atoms with Crippen molar-refractivity contribution in [3.8, 4) is 0 Å². The average Bonchev–Trinajstić information content (AvgIpc) is 2.59. The van der Waals surface area contributed by atoms with Gasteiger partial charge in [0.1, 0.15) is 0 Å². The van der Waals surface area contributed by atoms with Gasteiger partial charge in [0.05, 0.1) is 6.04 Å². The van der Waals surface area contributed by atoms with Crippen molar-refractivity contribution in [1.29, 1.82) is 0 Å². The van der Waals surface area contributed by atoms with Gasteiger partial charge in [-0.3, -0.25) is 9.80 Å². The van der Waals surface area contributed by atoms with Crippen LogP contribution in [0.1, 0.15) is 24.1 Å². The number of hydrogen-bond acceptors (Lipinski definition) is 2. The monoisotopic (exact) mass is 306 g/mol. The van der Waals surface area contributed by atoms with Crippen molar-refractivity contribution >= 4 is 0 Å². The fourth-order valence-electron chi connectivity index (χ4n) is 3.63. The minimum Gasteiger partial charge on any atom is -0.297 e. The van der Waals surface area contributed by atoms with Crippen LogP contribution >= 0.6 is 0 Å². The van der Waals surface area contributed by atoms with E-state index in [1.807, 2.05) is 6.08 Å². The highest BCUT2D eigenvalue weighted by Crippen LogP contribution is 2.31. The highest BCUT2D eigenvalue weighted by molar-refractivity contribution is 5.32. The third-order valence-corrected chi connectivity index (χ3v) is 4.71. The summed E-state index contributed by atoms with van der Waals surface area (Å²) >= 11 is 0. The van der Waals surface area contributed by atoms with Gasteiger partial charge in [-0.1, -0.05) is 66.7 Å². The van der Waals surface area contributed by atoms with E-state index in [4.69, 9.17) is 0 Å². The zero-order valence-electron chi connectivity index (χ0n) is 13.9. The van der Waals surface area contributed by atoms with Crippen LogP contribution in [-0.4, -0.2) is 42.0 Å². The molecule has 0 spiro atoms. The molecule has 1 unspecified atom stereocenters. The first kappa shape index (κ1) is 16.0. The second kappa shape index (κ2) is 7.58. The maximum Gasteiger partial charge on any atom is 0.0604 e. The summed E-state index contributed by atoms with van der Waals surface area (Å²) in [6.07, 6.45) is 2.01. The second-order valence-corrected chi connectivity index (χ2v) is 6.36. The zero-order valence-corrected chi connectivity index (χ0v) is 13.9. The van der Waals surface area contributed by atoms with E-state index in [0.29, 0.717) is 12.1 Å². The van der Waals surface area contributed by atoms with Gasteiger partial charge in [0.15, 0.2) is 0 Å². The van der Waals surface area contributed by atoms with E-state index in [9.17, 15) is 0 Å². The summed E-state index contributed by atoms with van der Waals surface area (Å²) in [5.41, 5.74) is 2.76. The predicted molar refractivity (Wildman–Crippen MR) is 97.5 cm³/mol. The van der Waals surface area contributed by atoms with E-state index in [0.717, 1.165) is 26.2 Å². The number of hydrogen-bond donors (Lipinski definition) is 0. The Bertz CT molecular complexity index is 569. The molecule has 1 atom stereocenters. The lowest BCUT2D eigenvalue weighted by Gasteiger charge is -2.44. The lowest BCUT2D eigenvalue weighted by atomic mass is 9.95. The van der Waals surface area contributed by atoms with Crippen LogP contribution in [0.25, 0.3) is 0 Å². The van der Waals surface area contributed by atoms with Gasteiger partial charge < -0.3 is 0 Å². The molecule has 23 heavy (non-hydrogen) atoms. The summed E-state index contributed by atoms with van der Waals surface area (Å²) in [6, 6.07) is 22.6. The zero-order chi connectivity index (χ0) is 16.1. The molecule has 0 aliphatic carbocycles. The summed E-state index contributed by atoms with van der Waals surface area (Å²) < 4.78 is 0. The standard InChI is InChI=1S/C21H26N2/c1-3-14-22-15-16-23(18(2)17-22)21(19-10-6-4-7-11-19)20-12-8-5-9-13-20/h3-13,18,21H,1,14-17H2,2H3. The smallest absolute Gasteiger partial charge is 0.0604 e. The van der Waals surface area contributed by atoms with Gasteiger partial charge >= 0.3 is 0 Å². The molecule has 0 radical (unpaired) electrons. The molecule has 0 amide bonds. The lowest BCUT2D eigenvalue weighted by molar-refractivity contribution is 0.0671. The normalized spacial score (nSPS) is 19.8. The van der Waals surface area contributed by atoms with Crippen LogP contribution in [0.2, 0.25) is 0 Å². The van der Waals surface area contributed by atoms with Crippen molar-refractivity contribution < 1.29 is 0 Å². The molecule has 0 saturated carbocycles. The molecule has 0 N–H and O–H groups in total. The maximum atomic E-state index is 3.87.